The Labute approximate surface area is 70.8 Å². The highest BCUT2D eigenvalue weighted by Gasteiger charge is 2.30. The fourth-order valence-corrected chi connectivity index (χ4v) is 0.696. The maximum absolute atomic E-state index is 12.1. The van der Waals surface area contributed by atoms with Gasteiger partial charge in [-0.15, -0.1) is 0 Å². The molecule has 0 radical (unpaired) electrons. The van der Waals surface area contributed by atoms with E-state index in [-0.39, 0.29) is 0 Å². The zero-order chi connectivity index (χ0) is 9.78. The summed E-state index contributed by atoms with van der Waals surface area (Å²) in [6.07, 6.45) is -1.31. The van der Waals surface area contributed by atoms with E-state index in [1.807, 2.05) is 6.92 Å². The molecule has 3 heteroatoms. The summed E-state index contributed by atoms with van der Waals surface area (Å²) < 4.78 is 36.3. The molecule has 0 spiro atoms. The van der Waals surface area contributed by atoms with Crippen LogP contribution < -0.4 is 0 Å². The normalized spacial score (nSPS) is 15.2. The summed E-state index contributed by atoms with van der Waals surface area (Å²) in [6.45, 7) is 4.91. The van der Waals surface area contributed by atoms with E-state index < -0.39 is 11.7 Å². The quantitative estimate of drug-likeness (QED) is 0.563. The summed E-state index contributed by atoms with van der Waals surface area (Å²) in [7, 11) is 0. The zero-order valence-corrected chi connectivity index (χ0v) is 7.50. The molecule has 0 rings (SSSR count). The lowest BCUT2D eigenvalue weighted by atomic mass is 10.1. The molecule has 0 aromatic heterocycles. The summed E-state index contributed by atoms with van der Waals surface area (Å²) >= 11 is 0. The molecule has 0 fully saturated rings. The van der Waals surface area contributed by atoms with Crippen molar-refractivity contribution in [2.45, 2.75) is 33.4 Å². The summed E-state index contributed by atoms with van der Waals surface area (Å²) in [5.41, 5.74) is 0.169. The molecule has 0 saturated carbocycles. The van der Waals surface area contributed by atoms with Crippen molar-refractivity contribution in [3.63, 3.8) is 0 Å². The second kappa shape index (κ2) is 4.33. The highest BCUT2D eigenvalue weighted by Crippen LogP contribution is 2.27. The maximum atomic E-state index is 12.1. The van der Waals surface area contributed by atoms with Gasteiger partial charge in [0.1, 0.15) is 0 Å². The van der Waals surface area contributed by atoms with Gasteiger partial charge in [-0.1, -0.05) is 24.6 Å². The molecule has 0 aliphatic rings. The fourth-order valence-electron chi connectivity index (χ4n) is 0.696. The first-order chi connectivity index (χ1) is 5.41. The molecular formula is C9H13F3. The van der Waals surface area contributed by atoms with E-state index in [1.54, 1.807) is 6.92 Å². The molecule has 0 heterocycles. The van der Waals surface area contributed by atoms with E-state index in [0.29, 0.717) is 6.42 Å². The van der Waals surface area contributed by atoms with Gasteiger partial charge in [0.15, 0.2) is 0 Å². The first-order valence-corrected chi connectivity index (χ1v) is 3.82. The Morgan fingerprint density at radius 3 is 2.08 bits per heavy atom. The van der Waals surface area contributed by atoms with Crippen LogP contribution in [0.15, 0.2) is 23.3 Å². The minimum Gasteiger partial charge on any atom is -0.166 e. The molecular weight excluding hydrogens is 165 g/mol. The third kappa shape index (κ3) is 3.60. The SMILES string of the molecule is C/C=C(\C=C(\C)CC)C(F)(F)F. The fraction of sp³-hybridized carbons (Fsp3) is 0.556. The Balaban J connectivity index is 4.63. The van der Waals surface area contributed by atoms with Crippen molar-refractivity contribution in [3.8, 4) is 0 Å². The molecule has 0 bridgehead atoms. The Morgan fingerprint density at radius 1 is 1.33 bits per heavy atom. The first kappa shape index (κ1) is 11.3. The van der Waals surface area contributed by atoms with Crippen LogP contribution in [0, 0.1) is 0 Å². The first-order valence-electron chi connectivity index (χ1n) is 3.82. The average molecular weight is 178 g/mol. The zero-order valence-electron chi connectivity index (χ0n) is 7.50. The molecule has 0 amide bonds. The van der Waals surface area contributed by atoms with Gasteiger partial charge >= 0.3 is 6.18 Å². The van der Waals surface area contributed by atoms with E-state index in [2.05, 4.69) is 0 Å². The number of allylic oxidation sites excluding steroid dienone is 4. The van der Waals surface area contributed by atoms with Gasteiger partial charge < -0.3 is 0 Å². The molecule has 0 atom stereocenters. The molecule has 0 aliphatic carbocycles. The largest absolute Gasteiger partial charge is 0.416 e. The van der Waals surface area contributed by atoms with Crippen LogP contribution in [0.25, 0.3) is 0 Å². The number of halogens is 3. The van der Waals surface area contributed by atoms with E-state index in [4.69, 9.17) is 0 Å². The van der Waals surface area contributed by atoms with Gasteiger partial charge in [-0.2, -0.15) is 13.2 Å². The van der Waals surface area contributed by atoms with Gasteiger partial charge in [0.25, 0.3) is 0 Å². The molecule has 0 saturated heterocycles. The van der Waals surface area contributed by atoms with Gasteiger partial charge in [-0.25, -0.2) is 0 Å². The van der Waals surface area contributed by atoms with Crippen LogP contribution in [0.3, 0.4) is 0 Å². The number of alkyl halides is 3. The van der Waals surface area contributed by atoms with Crippen molar-refractivity contribution in [1.82, 2.24) is 0 Å². The van der Waals surface area contributed by atoms with Crippen LogP contribution in [0.1, 0.15) is 27.2 Å². The van der Waals surface area contributed by atoms with Crippen molar-refractivity contribution in [2.24, 2.45) is 0 Å². The van der Waals surface area contributed by atoms with E-state index in [9.17, 15) is 13.2 Å². The molecule has 0 nitrogen and oxygen atoms in total. The van der Waals surface area contributed by atoms with E-state index in [0.717, 1.165) is 11.6 Å². The highest BCUT2D eigenvalue weighted by atomic mass is 19.4. The summed E-state index contributed by atoms with van der Waals surface area (Å²) in [5, 5.41) is 0. The van der Waals surface area contributed by atoms with Gasteiger partial charge in [0.2, 0.25) is 0 Å². The van der Waals surface area contributed by atoms with Gasteiger partial charge in [0.05, 0.1) is 5.57 Å². The predicted molar refractivity (Wildman–Crippen MR) is 43.9 cm³/mol. The van der Waals surface area contributed by atoms with Crippen LogP contribution in [0.4, 0.5) is 13.2 Å². The number of hydrogen-bond acceptors (Lipinski definition) is 0. The van der Waals surface area contributed by atoms with Crippen molar-refractivity contribution >= 4 is 0 Å². The summed E-state index contributed by atoms with van der Waals surface area (Å²) in [6, 6.07) is 0. The molecule has 12 heavy (non-hydrogen) atoms. The van der Waals surface area contributed by atoms with Crippen LogP contribution in [-0.2, 0) is 0 Å². The minimum atomic E-state index is -4.22. The third-order valence-electron chi connectivity index (χ3n) is 1.60. The minimum absolute atomic E-state index is 0.568. The monoisotopic (exact) mass is 178 g/mol. The Bertz CT molecular complexity index is 196. The van der Waals surface area contributed by atoms with Gasteiger partial charge in [0, 0.05) is 0 Å². The highest BCUT2D eigenvalue weighted by molar-refractivity contribution is 5.26. The average Bonchev–Trinajstić information content (AvgIpc) is 1.97. The molecule has 0 aromatic rings. The van der Waals surface area contributed by atoms with Crippen molar-refractivity contribution in [2.75, 3.05) is 0 Å². The van der Waals surface area contributed by atoms with E-state index >= 15 is 0 Å². The predicted octanol–water partition coefficient (Wildman–Crippen LogP) is 3.85. The Morgan fingerprint density at radius 2 is 1.83 bits per heavy atom. The molecule has 0 N–H and O–H groups in total. The van der Waals surface area contributed by atoms with Crippen molar-refractivity contribution in [3.05, 3.63) is 23.3 Å². The lowest BCUT2D eigenvalue weighted by Gasteiger charge is -2.07. The second-order valence-electron chi connectivity index (χ2n) is 2.59. The standard InChI is InChI=1S/C9H13F3/c1-4-7(3)6-8(5-2)9(10,11)12/h5-6H,4H2,1-3H3/b7-6-,8-5+. The smallest absolute Gasteiger partial charge is 0.166 e. The third-order valence-corrected chi connectivity index (χ3v) is 1.60. The van der Waals surface area contributed by atoms with Gasteiger partial charge in [-0.3, -0.25) is 0 Å². The van der Waals surface area contributed by atoms with E-state index in [1.165, 1.54) is 13.0 Å². The lowest BCUT2D eigenvalue weighted by molar-refractivity contribution is -0.0883. The second-order valence-corrected chi connectivity index (χ2v) is 2.59. The van der Waals surface area contributed by atoms with Crippen LogP contribution in [-0.4, -0.2) is 6.18 Å². The van der Waals surface area contributed by atoms with Gasteiger partial charge in [-0.05, 0) is 20.3 Å². The molecule has 0 aliphatic heterocycles. The maximum Gasteiger partial charge on any atom is 0.416 e. The van der Waals surface area contributed by atoms with Crippen LogP contribution in [0.2, 0.25) is 0 Å². The Kier molecular flexibility index (Phi) is 4.07. The van der Waals surface area contributed by atoms with Crippen LogP contribution in [0.5, 0.6) is 0 Å². The van der Waals surface area contributed by atoms with Crippen LogP contribution >= 0.6 is 0 Å². The molecule has 0 unspecified atom stereocenters. The number of rotatable bonds is 2. The van der Waals surface area contributed by atoms with Crippen molar-refractivity contribution < 1.29 is 13.2 Å². The summed E-state index contributed by atoms with van der Waals surface area (Å²) in [4.78, 5) is 0. The topological polar surface area (TPSA) is 0 Å². The number of hydrogen-bond donors (Lipinski definition) is 0. The molecule has 0 aromatic carbocycles. The molecule has 70 valence electrons. The Hall–Kier alpha value is -0.730. The summed E-state index contributed by atoms with van der Waals surface area (Å²) in [5.74, 6) is 0. The van der Waals surface area contributed by atoms with Crippen molar-refractivity contribution in [1.29, 1.82) is 0 Å². The lowest BCUT2D eigenvalue weighted by Crippen LogP contribution is -2.09.